The summed E-state index contributed by atoms with van der Waals surface area (Å²) in [6.07, 6.45) is 1.85. The lowest BCUT2D eigenvalue weighted by Gasteiger charge is -2.15. The van der Waals surface area contributed by atoms with Gasteiger partial charge in [-0.2, -0.15) is 0 Å². The highest BCUT2D eigenvalue weighted by molar-refractivity contribution is 5.13. The quantitative estimate of drug-likeness (QED) is 0.685. The van der Waals surface area contributed by atoms with Crippen LogP contribution in [0.25, 0.3) is 0 Å². The van der Waals surface area contributed by atoms with E-state index in [1.807, 2.05) is 18.3 Å². The minimum Gasteiger partial charge on any atom is -0.330 e. The zero-order chi connectivity index (χ0) is 9.10. The molecule has 0 bridgehead atoms. The summed E-state index contributed by atoms with van der Waals surface area (Å²) >= 11 is 0. The van der Waals surface area contributed by atoms with E-state index >= 15 is 0 Å². The molecule has 2 heterocycles. The van der Waals surface area contributed by atoms with Crippen LogP contribution in [0.4, 0.5) is 0 Å². The second-order valence-corrected chi connectivity index (χ2v) is 3.52. The van der Waals surface area contributed by atoms with E-state index in [1.54, 1.807) is 0 Å². The van der Waals surface area contributed by atoms with Crippen LogP contribution in [0.3, 0.4) is 0 Å². The van der Waals surface area contributed by atoms with E-state index in [-0.39, 0.29) is 0 Å². The van der Waals surface area contributed by atoms with Crippen LogP contribution in [-0.2, 0) is 0 Å². The van der Waals surface area contributed by atoms with Crippen LogP contribution >= 0.6 is 0 Å². The Morgan fingerprint density at radius 2 is 2.38 bits per heavy atom. The SMILES string of the molecule is NCC1CNCC1c1ccccn1. The Kier molecular flexibility index (Phi) is 2.57. The van der Waals surface area contributed by atoms with Crippen molar-refractivity contribution in [3.8, 4) is 0 Å². The summed E-state index contributed by atoms with van der Waals surface area (Å²) in [5.41, 5.74) is 6.86. The molecule has 1 aliphatic heterocycles. The Hall–Kier alpha value is -0.930. The molecule has 70 valence electrons. The number of pyridine rings is 1. The third-order valence-electron chi connectivity index (χ3n) is 2.71. The van der Waals surface area contributed by atoms with Crippen molar-refractivity contribution in [1.29, 1.82) is 0 Å². The zero-order valence-electron chi connectivity index (χ0n) is 7.61. The van der Waals surface area contributed by atoms with Crippen LogP contribution in [0.15, 0.2) is 24.4 Å². The van der Waals surface area contributed by atoms with Gasteiger partial charge in [-0.3, -0.25) is 4.98 Å². The molecule has 1 saturated heterocycles. The van der Waals surface area contributed by atoms with E-state index in [9.17, 15) is 0 Å². The van der Waals surface area contributed by atoms with Crippen molar-refractivity contribution in [1.82, 2.24) is 10.3 Å². The third-order valence-corrected chi connectivity index (χ3v) is 2.71. The van der Waals surface area contributed by atoms with Crippen LogP contribution in [0.5, 0.6) is 0 Å². The van der Waals surface area contributed by atoms with E-state index in [4.69, 9.17) is 5.73 Å². The van der Waals surface area contributed by atoms with Gasteiger partial charge in [-0.15, -0.1) is 0 Å². The van der Waals surface area contributed by atoms with Gasteiger partial charge in [-0.25, -0.2) is 0 Å². The van der Waals surface area contributed by atoms with E-state index in [0.717, 1.165) is 19.6 Å². The van der Waals surface area contributed by atoms with E-state index in [2.05, 4.69) is 16.4 Å². The minimum absolute atomic E-state index is 0.506. The summed E-state index contributed by atoms with van der Waals surface area (Å²) in [7, 11) is 0. The molecule has 0 aliphatic carbocycles. The Labute approximate surface area is 78.4 Å². The lowest BCUT2D eigenvalue weighted by Crippen LogP contribution is -2.21. The molecule has 3 heteroatoms. The summed E-state index contributed by atoms with van der Waals surface area (Å²) in [5.74, 6) is 1.06. The van der Waals surface area contributed by atoms with E-state index in [0.29, 0.717) is 11.8 Å². The van der Waals surface area contributed by atoms with E-state index in [1.165, 1.54) is 5.69 Å². The fourth-order valence-corrected chi connectivity index (χ4v) is 1.92. The van der Waals surface area contributed by atoms with Crippen molar-refractivity contribution in [2.24, 2.45) is 11.7 Å². The summed E-state index contributed by atoms with van der Waals surface area (Å²) < 4.78 is 0. The number of nitrogens with one attached hydrogen (secondary N) is 1. The van der Waals surface area contributed by atoms with Crippen molar-refractivity contribution in [3.05, 3.63) is 30.1 Å². The topological polar surface area (TPSA) is 50.9 Å². The Morgan fingerprint density at radius 3 is 3.08 bits per heavy atom. The van der Waals surface area contributed by atoms with Crippen LogP contribution < -0.4 is 11.1 Å². The minimum atomic E-state index is 0.506. The highest BCUT2D eigenvalue weighted by Crippen LogP contribution is 2.25. The molecule has 13 heavy (non-hydrogen) atoms. The average molecular weight is 177 g/mol. The largest absolute Gasteiger partial charge is 0.330 e. The maximum atomic E-state index is 5.69. The normalized spacial score (nSPS) is 27.8. The lowest BCUT2D eigenvalue weighted by atomic mass is 9.93. The molecule has 2 atom stereocenters. The Morgan fingerprint density at radius 1 is 1.46 bits per heavy atom. The summed E-state index contributed by atoms with van der Waals surface area (Å²) in [5, 5.41) is 3.35. The van der Waals surface area contributed by atoms with Gasteiger partial charge in [0, 0.05) is 24.4 Å². The van der Waals surface area contributed by atoms with Crippen molar-refractivity contribution >= 4 is 0 Å². The smallest absolute Gasteiger partial charge is 0.0450 e. The monoisotopic (exact) mass is 177 g/mol. The zero-order valence-corrected chi connectivity index (χ0v) is 7.61. The first kappa shape index (κ1) is 8.66. The van der Waals surface area contributed by atoms with Gasteiger partial charge in [0.1, 0.15) is 0 Å². The number of nitrogens with two attached hydrogens (primary N) is 1. The van der Waals surface area contributed by atoms with Crippen molar-refractivity contribution in [3.63, 3.8) is 0 Å². The Bertz CT molecular complexity index is 260. The molecule has 3 N–H and O–H groups in total. The Balaban J connectivity index is 2.16. The molecular weight excluding hydrogens is 162 g/mol. The van der Waals surface area contributed by atoms with Crippen LogP contribution in [-0.4, -0.2) is 24.6 Å². The van der Waals surface area contributed by atoms with Crippen molar-refractivity contribution < 1.29 is 0 Å². The molecule has 0 radical (unpaired) electrons. The highest BCUT2D eigenvalue weighted by atomic mass is 14.9. The van der Waals surface area contributed by atoms with Gasteiger partial charge in [0.25, 0.3) is 0 Å². The maximum absolute atomic E-state index is 5.69. The van der Waals surface area contributed by atoms with Gasteiger partial charge in [-0.1, -0.05) is 6.07 Å². The van der Waals surface area contributed by atoms with Crippen LogP contribution in [0, 0.1) is 5.92 Å². The molecule has 0 saturated carbocycles. The fraction of sp³-hybridized carbons (Fsp3) is 0.500. The van der Waals surface area contributed by atoms with Gasteiger partial charge in [-0.05, 0) is 31.1 Å². The first-order chi connectivity index (χ1) is 6.42. The van der Waals surface area contributed by atoms with Gasteiger partial charge in [0.2, 0.25) is 0 Å². The van der Waals surface area contributed by atoms with Crippen molar-refractivity contribution in [2.45, 2.75) is 5.92 Å². The predicted molar refractivity (Wildman–Crippen MR) is 52.4 cm³/mol. The second kappa shape index (κ2) is 3.85. The molecule has 1 aromatic rings. The average Bonchev–Trinajstić information content (AvgIpc) is 2.67. The predicted octanol–water partition coefficient (Wildman–Crippen LogP) is 0.343. The van der Waals surface area contributed by atoms with Gasteiger partial charge in [0.15, 0.2) is 0 Å². The van der Waals surface area contributed by atoms with Crippen LogP contribution in [0.2, 0.25) is 0 Å². The van der Waals surface area contributed by atoms with Crippen LogP contribution in [0.1, 0.15) is 11.6 Å². The highest BCUT2D eigenvalue weighted by Gasteiger charge is 2.27. The maximum Gasteiger partial charge on any atom is 0.0450 e. The lowest BCUT2D eigenvalue weighted by molar-refractivity contribution is 0.521. The molecule has 1 aromatic heterocycles. The number of nitrogens with zero attached hydrogens (tertiary/aromatic N) is 1. The standard InChI is InChI=1S/C10H15N3/c11-5-8-6-12-7-9(8)10-3-1-2-4-13-10/h1-4,8-9,12H,5-7,11H2. The molecule has 1 fully saturated rings. The fourth-order valence-electron chi connectivity index (χ4n) is 1.92. The summed E-state index contributed by atoms with van der Waals surface area (Å²) in [4.78, 5) is 4.36. The molecule has 1 aliphatic rings. The van der Waals surface area contributed by atoms with Gasteiger partial charge in [0.05, 0.1) is 0 Å². The second-order valence-electron chi connectivity index (χ2n) is 3.52. The van der Waals surface area contributed by atoms with E-state index < -0.39 is 0 Å². The number of aromatic nitrogens is 1. The van der Waals surface area contributed by atoms with Gasteiger partial charge >= 0.3 is 0 Å². The first-order valence-corrected chi connectivity index (χ1v) is 4.73. The first-order valence-electron chi connectivity index (χ1n) is 4.73. The summed E-state index contributed by atoms with van der Waals surface area (Å²) in [6, 6.07) is 6.07. The number of hydrogen-bond donors (Lipinski definition) is 2. The molecule has 0 spiro atoms. The molecule has 2 unspecified atom stereocenters. The molecule has 3 nitrogen and oxygen atoms in total. The third kappa shape index (κ3) is 1.71. The van der Waals surface area contributed by atoms with Gasteiger partial charge < -0.3 is 11.1 Å². The molecular formula is C10H15N3. The number of rotatable bonds is 2. The number of hydrogen-bond acceptors (Lipinski definition) is 3. The molecule has 0 aromatic carbocycles. The van der Waals surface area contributed by atoms with Crippen molar-refractivity contribution in [2.75, 3.05) is 19.6 Å². The summed E-state index contributed by atoms with van der Waals surface area (Å²) in [6.45, 7) is 2.78. The molecule has 0 amide bonds. The molecule has 2 rings (SSSR count).